The number of hydrogen-bond donors (Lipinski definition) is 1. The summed E-state index contributed by atoms with van der Waals surface area (Å²) in [6.07, 6.45) is 3.35. The molecule has 0 aliphatic heterocycles. The van der Waals surface area contributed by atoms with Crippen LogP contribution < -0.4 is 5.32 Å². The van der Waals surface area contributed by atoms with Crippen LogP contribution in [0.1, 0.15) is 10.4 Å². The molecule has 0 aliphatic carbocycles. The van der Waals surface area contributed by atoms with Crippen LogP contribution in [0.5, 0.6) is 0 Å². The zero-order valence-corrected chi connectivity index (χ0v) is 14.0. The molecule has 3 rings (SSSR count). The van der Waals surface area contributed by atoms with Crippen molar-refractivity contribution in [3.05, 3.63) is 80.6 Å². The first-order chi connectivity index (χ1) is 12.0. The number of carbonyl (C=O) groups is 1. The van der Waals surface area contributed by atoms with Crippen molar-refractivity contribution in [3.63, 3.8) is 0 Å². The van der Waals surface area contributed by atoms with Gasteiger partial charge in [0.05, 0.1) is 31.9 Å². The number of carbonyl (C=O) groups excluding carboxylic acids is 1. The zero-order chi connectivity index (χ0) is 18.0. The Bertz CT molecular complexity index is 935. The van der Waals surface area contributed by atoms with Crippen molar-refractivity contribution in [2.24, 2.45) is 0 Å². The molecule has 0 saturated heterocycles. The number of nitrogens with one attached hydrogen (secondary N) is 1. The highest BCUT2D eigenvalue weighted by atomic mass is 35.5. The zero-order valence-electron chi connectivity index (χ0n) is 12.5. The molecular formula is C16H10Cl2N4O3. The monoisotopic (exact) mass is 376 g/mol. The number of benzene rings is 2. The van der Waals surface area contributed by atoms with Gasteiger partial charge in [0.15, 0.2) is 0 Å². The Morgan fingerprint density at radius 2 is 1.84 bits per heavy atom. The van der Waals surface area contributed by atoms with Crippen molar-refractivity contribution < 1.29 is 9.72 Å². The first-order valence-corrected chi connectivity index (χ1v) is 7.77. The van der Waals surface area contributed by atoms with E-state index in [0.29, 0.717) is 11.4 Å². The van der Waals surface area contributed by atoms with Crippen LogP contribution in [0.15, 0.2) is 54.9 Å². The lowest BCUT2D eigenvalue weighted by atomic mass is 10.1. The third-order valence-corrected chi connectivity index (χ3v) is 3.96. The molecule has 9 heteroatoms. The van der Waals surface area contributed by atoms with E-state index >= 15 is 0 Å². The third kappa shape index (κ3) is 3.47. The molecule has 7 nitrogen and oxygen atoms in total. The molecule has 0 fully saturated rings. The van der Waals surface area contributed by atoms with Gasteiger partial charge in [0.2, 0.25) is 0 Å². The standard InChI is InChI=1S/C16H10Cl2N4O3/c17-11-8-10(22(24)25)9-12(18)15(11)16(23)20-13-4-1-2-5-14(13)21-7-3-6-19-21/h1-9H,(H,20,23). The van der Waals surface area contributed by atoms with E-state index in [0.717, 1.165) is 12.1 Å². The molecular weight excluding hydrogens is 367 g/mol. The van der Waals surface area contributed by atoms with E-state index in [-0.39, 0.29) is 21.3 Å². The average molecular weight is 377 g/mol. The van der Waals surface area contributed by atoms with E-state index in [1.54, 1.807) is 47.4 Å². The normalized spacial score (nSPS) is 10.5. The van der Waals surface area contributed by atoms with Crippen molar-refractivity contribution >= 4 is 40.5 Å². The van der Waals surface area contributed by atoms with E-state index in [4.69, 9.17) is 23.2 Å². The summed E-state index contributed by atoms with van der Waals surface area (Å²) in [4.78, 5) is 22.8. The number of para-hydroxylation sites is 2. The summed E-state index contributed by atoms with van der Waals surface area (Å²) < 4.78 is 1.59. The molecule has 1 amide bonds. The molecule has 2 aromatic carbocycles. The average Bonchev–Trinajstić information content (AvgIpc) is 3.08. The summed E-state index contributed by atoms with van der Waals surface area (Å²) in [6.45, 7) is 0. The molecule has 0 bridgehead atoms. The SMILES string of the molecule is O=C(Nc1ccccc1-n1cccn1)c1c(Cl)cc([N+](=O)[O-])cc1Cl. The Morgan fingerprint density at radius 1 is 1.16 bits per heavy atom. The van der Waals surface area contributed by atoms with Gasteiger partial charge in [-0.1, -0.05) is 35.3 Å². The van der Waals surface area contributed by atoms with E-state index < -0.39 is 10.8 Å². The van der Waals surface area contributed by atoms with Gasteiger partial charge in [-0.25, -0.2) is 4.68 Å². The number of halogens is 2. The predicted octanol–water partition coefficient (Wildman–Crippen LogP) is 4.34. The number of rotatable bonds is 4. The Kier molecular flexibility index (Phi) is 4.69. The van der Waals surface area contributed by atoms with Gasteiger partial charge >= 0.3 is 0 Å². The van der Waals surface area contributed by atoms with Crippen LogP contribution in [0.25, 0.3) is 5.69 Å². The Balaban J connectivity index is 1.96. The largest absolute Gasteiger partial charge is 0.320 e. The third-order valence-electron chi connectivity index (χ3n) is 3.37. The van der Waals surface area contributed by atoms with Crippen LogP contribution in [0, 0.1) is 10.1 Å². The lowest BCUT2D eigenvalue weighted by Crippen LogP contribution is -2.15. The number of nitro benzene ring substituents is 1. The molecule has 0 unspecified atom stereocenters. The maximum Gasteiger partial charge on any atom is 0.272 e. The van der Waals surface area contributed by atoms with Crippen molar-refractivity contribution in [3.8, 4) is 5.69 Å². The van der Waals surface area contributed by atoms with E-state index in [2.05, 4.69) is 10.4 Å². The van der Waals surface area contributed by atoms with E-state index in [9.17, 15) is 14.9 Å². The van der Waals surface area contributed by atoms with Gasteiger partial charge in [-0.05, 0) is 18.2 Å². The molecule has 1 heterocycles. The highest BCUT2D eigenvalue weighted by molar-refractivity contribution is 6.40. The molecule has 126 valence electrons. The second-order valence-electron chi connectivity index (χ2n) is 4.96. The van der Waals surface area contributed by atoms with Crippen LogP contribution in [-0.2, 0) is 0 Å². The molecule has 1 aromatic heterocycles. The van der Waals surface area contributed by atoms with Crippen LogP contribution in [0.2, 0.25) is 10.0 Å². The summed E-state index contributed by atoms with van der Waals surface area (Å²) in [7, 11) is 0. The van der Waals surface area contributed by atoms with Gasteiger partial charge in [-0.3, -0.25) is 14.9 Å². The molecule has 0 radical (unpaired) electrons. The highest BCUT2D eigenvalue weighted by Crippen LogP contribution is 2.31. The Hall–Kier alpha value is -2.90. The fraction of sp³-hybridized carbons (Fsp3) is 0. The Morgan fingerprint density at radius 3 is 2.44 bits per heavy atom. The second kappa shape index (κ2) is 6.92. The number of anilines is 1. The summed E-state index contributed by atoms with van der Waals surface area (Å²) >= 11 is 12.0. The van der Waals surface area contributed by atoms with Gasteiger partial charge in [-0.15, -0.1) is 0 Å². The molecule has 3 aromatic rings. The summed E-state index contributed by atoms with van der Waals surface area (Å²) in [6, 6.07) is 11.0. The summed E-state index contributed by atoms with van der Waals surface area (Å²) in [5.41, 5.74) is 0.810. The molecule has 0 saturated carbocycles. The number of nitrogens with zero attached hydrogens (tertiary/aromatic N) is 3. The van der Waals surface area contributed by atoms with Crippen LogP contribution in [-0.4, -0.2) is 20.6 Å². The Labute approximate surface area is 151 Å². The van der Waals surface area contributed by atoms with E-state index in [1.165, 1.54) is 0 Å². The van der Waals surface area contributed by atoms with Crippen LogP contribution in [0.3, 0.4) is 0 Å². The topological polar surface area (TPSA) is 90.1 Å². The second-order valence-corrected chi connectivity index (χ2v) is 5.78. The fourth-order valence-electron chi connectivity index (χ4n) is 2.26. The van der Waals surface area contributed by atoms with E-state index in [1.807, 2.05) is 0 Å². The lowest BCUT2D eigenvalue weighted by molar-refractivity contribution is -0.384. The quantitative estimate of drug-likeness (QED) is 0.541. The molecule has 25 heavy (non-hydrogen) atoms. The molecule has 1 N–H and O–H groups in total. The number of nitro groups is 1. The highest BCUT2D eigenvalue weighted by Gasteiger charge is 2.21. The molecule has 0 aliphatic rings. The number of non-ortho nitro benzene ring substituents is 1. The minimum absolute atomic E-state index is 0.0378. The lowest BCUT2D eigenvalue weighted by Gasteiger charge is -2.12. The van der Waals surface area contributed by atoms with Crippen molar-refractivity contribution in [1.29, 1.82) is 0 Å². The minimum Gasteiger partial charge on any atom is -0.320 e. The van der Waals surface area contributed by atoms with Gasteiger partial charge in [0, 0.05) is 24.5 Å². The number of amides is 1. The van der Waals surface area contributed by atoms with Gasteiger partial charge in [0.25, 0.3) is 11.6 Å². The summed E-state index contributed by atoms with van der Waals surface area (Å²) in [5, 5.41) is 17.5. The van der Waals surface area contributed by atoms with Crippen LogP contribution in [0.4, 0.5) is 11.4 Å². The first-order valence-electron chi connectivity index (χ1n) is 7.01. The van der Waals surface area contributed by atoms with Crippen molar-refractivity contribution in [2.75, 3.05) is 5.32 Å². The van der Waals surface area contributed by atoms with Gasteiger partial charge < -0.3 is 5.32 Å². The number of aromatic nitrogens is 2. The van der Waals surface area contributed by atoms with Crippen LogP contribution >= 0.6 is 23.2 Å². The first kappa shape index (κ1) is 16.9. The number of hydrogen-bond acceptors (Lipinski definition) is 4. The minimum atomic E-state index is -0.632. The summed E-state index contributed by atoms with van der Waals surface area (Å²) in [5.74, 6) is -0.579. The maximum absolute atomic E-state index is 12.6. The fourth-order valence-corrected chi connectivity index (χ4v) is 2.90. The van der Waals surface area contributed by atoms with Crippen molar-refractivity contribution in [2.45, 2.75) is 0 Å². The van der Waals surface area contributed by atoms with Gasteiger partial charge in [-0.2, -0.15) is 5.10 Å². The van der Waals surface area contributed by atoms with Gasteiger partial charge in [0.1, 0.15) is 0 Å². The smallest absolute Gasteiger partial charge is 0.272 e. The van der Waals surface area contributed by atoms with Crippen molar-refractivity contribution in [1.82, 2.24) is 9.78 Å². The predicted molar refractivity (Wildman–Crippen MR) is 94.6 cm³/mol. The molecule has 0 atom stereocenters. The molecule has 0 spiro atoms. The maximum atomic E-state index is 12.6.